The quantitative estimate of drug-likeness (QED) is 0.768. The average Bonchev–Trinajstić information content (AvgIpc) is 2.38. The van der Waals surface area contributed by atoms with Gasteiger partial charge < -0.3 is 15.7 Å². The molecule has 0 aliphatic heterocycles. The van der Waals surface area contributed by atoms with Crippen molar-refractivity contribution in [3.63, 3.8) is 0 Å². The number of halogens is 2. The zero-order chi connectivity index (χ0) is 15.3. The first kappa shape index (κ1) is 16.9. The molecule has 0 aromatic heterocycles. The standard InChI is InChI=1S/C12H14Cl2N2O3S/c1-6(20-2)5-15-12(19)16-10-8(11(17)18)3-7(13)4-9(10)14/h3-4,6H,5H2,1-2H3,(H,17,18)(H2,15,16,19). The van der Waals surface area contributed by atoms with E-state index in [4.69, 9.17) is 28.3 Å². The zero-order valence-corrected chi connectivity index (χ0v) is 13.2. The van der Waals surface area contributed by atoms with Crippen molar-refractivity contribution >= 4 is 52.7 Å². The number of anilines is 1. The summed E-state index contributed by atoms with van der Waals surface area (Å²) >= 11 is 13.3. The number of rotatable bonds is 5. The monoisotopic (exact) mass is 336 g/mol. The molecule has 8 heteroatoms. The van der Waals surface area contributed by atoms with Crippen molar-refractivity contribution in [2.45, 2.75) is 12.2 Å². The van der Waals surface area contributed by atoms with Gasteiger partial charge in [-0.15, -0.1) is 0 Å². The Morgan fingerprint density at radius 1 is 1.40 bits per heavy atom. The Morgan fingerprint density at radius 3 is 2.60 bits per heavy atom. The lowest BCUT2D eigenvalue weighted by Crippen LogP contribution is -2.33. The average molecular weight is 337 g/mol. The number of nitrogens with one attached hydrogen (secondary N) is 2. The third kappa shape index (κ3) is 4.77. The summed E-state index contributed by atoms with van der Waals surface area (Å²) in [5.74, 6) is -1.22. The molecule has 110 valence electrons. The van der Waals surface area contributed by atoms with Crippen molar-refractivity contribution in [2.75, 3.05) is 18.1 Å². The lowest BCUT2D eigenvalue weighted by atomic mass is 10.2. The van der Waals surface area contributed by atoms with E-state index in [1.807, 2.05) is 13.2 Å². The molecule has 0 saturated heterocycles. The van der Waals surface area contributed by atoms with E-state index < -0.39 is 12.0 Å². The van der Waals surface area contributed by atoms with Gasteiger partial charge in [0.2, 0.25) is 0 Å². The molecule has 2 amide bonds. The van der Waals surface area contributed by atoms with Gasteiger partial charge in [-0.25, -0.2) is 9.59 Å². The summed E-state index contributed by atoms with van der Waals surface area (Å²) in [5.41, 5.74) is -0.131. The minimum atomic E-state index is -1.22. The van der Waals surface area contributed by atoms with Crippen LogP contribution in [0.3, 0.4) is 0 Å². The number of carboxylic acid groups (broad SMARTS) is 1. The number of carboxylic acids is 1. The fraction of sp³-hybridized carbons (Fsp3) is 0.333. The largest absolute Gasteiger partial charge is 0.478 e. The molecule has 0 heterocycles. The normalized spacial score (nSPS) is 11.8. The van der Waals surface area contributed by atoms with E-state index in [0.29, 0.717) is 6.54 Å². The Labute approximate surface area is 131 Å². The summed E-state index contributed by atoms with van der Waals surface area (Å²) in [6.07, 6.45) is 1.93. The van der Waals surface area contributed by atoms with Crippen LogP contribution in [-0.2, 0) is 0 Å². The van der Waals surface area contributed by atoms with Gasteiger partial charge in [-0.05, 0) is 18.4 Å². The molecule has 1 rings (SSSR count). The summed E-state index contributed by atoms with van der Waals surface area (Å²) in [5, 5.41) is 14.7. The van der Waals surface area contributed by atoms with Gasteiger partial charge in [0, 0.05) is 16.8 Å². The minimum Gasteiger partial charge on any atom is -0.478 e. The lowest BCUT2D eigenvalue weighted by Gasteiger charge is -2.13. The number of carbonyl (C=O) groups is 2. The van der Waals surface area contributed by atoms with E-state index in [1.54, 1.807) is 11.8 Å². The maximum Gasteiger partial charge on any atom is 0.337 e. The molecule has 0 aliphatic rings. The maximum atomic E-state index is 11.7. The molecule has 1 aromatic carbocycles. The maximum absolute atomic E-state index is 11.7. The number of hydrogen-bond donors (Lipinski definition) is 3. The van der Waals surface area contributed by atoms with Crippen molar-refractivity contribution in [2.24, 2.45) is 0 Å². The highest BCUT2D eigenvalue weighted by atomic mass is 35.5. The first-order valence-corrected chi connectivity index (χ1v) is 7.69. The van der Waals surface area contributed by atoms with Crippen LogP contribution in [0.2, 0.25) is 10.0 Å². The molecule has 0 radical (unpaired) electrons. The van der Waals surface area contributed by atoms with Crippen molar-refractivity contribution in [3.8, 4) is 0 Å². The van der Waals surface area contributed by atoms with E-state index in [2.05, 4.69) is 10.6 Å². The third-order valence-corrected chi connectivity index (χ3v) is 3.96. The highest BCUT2D eigenvalue weighted by molar-refractivity contribution is 7.99. The number of benzene rings is 1. The van der Waals surface area contributed by atoms with Crippen LogP contribution in [0.25, 0.3) is 0 Å². The molecular weight excluding hydrogens is 323 g/mol. The van der Waals surface area contributed by atoms with E-state index in [-0.39, 0.29) is 26.5 Å². The molecular formula is C12H14Cl2N2O3S. The number of aromatic carboxylic acids is 1. The van der Waals surface area contributed by atoms with Gasteiger partial charge in [0.05, 0.1) is 16.3 Å². The Morgan fingerprint density at radius 2 is 2.05 bits per heavy atom. The van der Waals surface area contributed by atoms with Crippen LogP contribution in [0, 0.1) is 0 Å². The number of amides is 2. The lowest BCUT2D eigenvalue weighted by molar-refractivity contribution is 0.0698. The molecule has 0 fully saturated rings. The van der Waals surface area contributed by atoms with Crippen LogP contribution in [-0.4, -0.2) is 35.2 Å². The van der Waals surface area contributed by atoms with Gasteiger partial charge in [-0.3, -0.25) is 0 Å². The second-order valence-electron chi connectivity index (χ2n) is 4.00. The second-order valence-corrected chi connectivity index (χ2v) is 6.12. The number of thioether (sulfide) groups is 1. The first-order chi connectivity index (χ1) is 9.35. The zero-order valence-electron chi connectivity index (χ0n) is 10.9. The Bertz CT molecular complexity index is 526. The highest BCUT2D eigenvalue weighted by Crippen LogP contribution is 2.30. The number of urea groups is 1. The van der Waals surface area contributed by atoms with Crippen LogP contribution < -0.4 is 10.6 Å². The molecule has 20 heavy (non-hydrogen) atoms. The van der Waals surface area contributed by atoms with Gasteiger partial charge in [-0.2, -0.15) is 11.8 Å². The fourth-order valence-corrected chi connectivity index (χ4v) is 2.14. The van der Waals surface area contributed by atoms with Crippen molar-refractivity contribution in [1.82, 2.24) is 5.32 Å². The highest BCUT2D eigenvalue weighted by Gasteiger charge is 2.17. The Balaban J connectivity index is 2.86. The van der Waals surface area contributed by atoms with Crippen LogP contribution in [0.15, 0.2) is 12.1 Å². The van der Waals surface area contributed by atoms with E-state index in [0.717, 1.165) is 0 Å². The van der Waals surface area contributed by atoms with Crippen LogP contribution in [0.5, 0.6) is 0 Å². The predicted octanol–water partition coefficient (Wildman–Crippen LogP) is 3.56. The van der Waals surface area contributed by atoms with E-state index >= 15 is 0 Å². The fourth-order valence-electron chi connectivity index (χ4n) is 1.35. The second kappa shape index (κ2) is 7.61. The topological polar surface area (TPSA) is 78.4 Å². The summed E-state index contributed by atoms with van der Waals surface area (Å²) in [7, 11) is 0. The molecule has 0 spiro atoms. The smallest absolute Gasteiger partial charge is 0.337 e. The summed E-state index contributed by atoms with van der Waals surface area (Å²) < 4.78 is 0. The molecule has 1 atom stereocenters. The Kier molecular flexibility index (Phi) is 6.45. The van der Waals surface area contributed by atoms with Crippen LogP contribution >= 0.6 is 35.0 Å². The molecule has 1 unspecified atom stereocenters. The van der Waals surface area contributed by atoms with Gasteiger partial charge in [0.1, 0.15) is 0 Å². The van der Waals surface area contributed by atoms with Gasteiger partial charge in [-0.1, -0.05) is 30.1 Å². The van der Waals surface area contributed by atoms with Gasteiger partial charge in [0.15, 0.2) is 0 Å². The molecule has 5 nitrogen and oxygen atoms in total. The SMILES string of the molecule is CSC(C)CNC(=O)Nc1c(Cl)cc(Cl)cc1C(=O)O. The van der Waals surface area contributed by atoms with Crippen molar-refractivity contribution in [3.05, 3.63) is 27.7 Å². The van der Waals surface area contributed by atoms with Crippen LogP contribution in [0.4, 0.5) is 10.5 Å². The van der Waals surface area contributed by atoms with Crippen LogP contribution in [0.1, 0.15) is 17.3 Å². The minimum absolute atomic E-state index is 0.0258. The van der Waals surface area contributed by atoms with E-state index in [9.17, 15) is 9.59 Å². The number of carbonyl (C=O) groups excluding carboxylic acids is 1. The predicted molar refractivity (Wildman–Crippen MR) is 83.4 cm³/mol. The summed E-state index contributed by atoms with van der Waals surface area (Å²) in [6, 6.07) is 2.09. The van der Waals surface area contributed by atoms with Crippen molar-refractivity contribution in [1.29, 1.82) is 0 Å². The molecule has 3 N–H and O–H groups in total. The third-order valence-electron chi connectivity index (χ3n) is 2.48. The summed E-state index contributed by atoms with van der Waals surface area (Å²) in [6.45, 7) is 2.42. The molecule has 0 aliphatic carbocycles. The first-order valence-electron chi connectivity index (χ1n) is 5.65. The van der Waals surface area contributed by atoms with Gasteiger partial charge >= 0.3 is 12.0 Å². The Hall–Kier alpha value is -1.11. The van der Waals surface area contributed by atoms with Crippen molar-refractivity contribution < 1.29 is 14.7 Å². The van der Waals surface area contributed by atoms with E-state index in [1.165, 1.54) is 12.1 Å². The molecule has 0 saturated carbocycles. The van der Waals surface area contributed by atoms with Gasteiger partial charge in [0.25, 0.3) is 0 Å². The number of hydrogen-bond acceptors (Lipinski definition) is 3. The summed E-state index contributed by atoms with van der Waals surface area (Å²) in [4.78, 5) is 22.9. The molecule has 1 aromatic rings. The molecule has 0 bridgehead atoms.